The summed E-state index contributed by atoms with van der Waals surface area (Å²) in [5, 5.41) is 2.77. The fourth-order valence-corrected chi connectivity index (χ4v) is 3.87. The molecule has 0 aliphatic heterocycles. The molecule has 2 aromatic rings. The first-order valence-electron chi connectivity index (χ1n) is 8.18. The van der Waals surface area contributed by atoms with Crippen LogP contribution in [0.15, 0.2) is 36.4 Å². The Balaban J connectivity index is 2.01. The van der Waals surface area contributed by atoms with Gasteiger partial charge in [-0.05, 0) is 42.8 Å². The molecule has 0 fully saturated rings. The quantitative estimate of drug-likeness (QED) is 0.651. The van der Waals surface area contributed by atoms with Gasteiger partial charge in [-0.3, -0.25) is 9.10 Å². The Labute approximate surface area is 173 Å². The molecule has 0 heterocycles. The second-order valence-corrected chi connectivity index (χ2v) is 8.66. The van der Waals surface area contributed by atoms with E-state index in [-0.39, 0.29) is 35.3 Å². The largest absolute Gasteiger partial charge is 0.495 e. The van der Waals surface area contributed by atoms with Crippen molar-refractivity contribution in [3.05, 3.63) is 52.3 Å². The number of benzene rings is 2. The minimum Gasteiger partial charge on any atom is -0.495 e. The summed E-state index contributed by atoms with van der Waals surface area (Å²) < 4.78 is 43.7. The number of methoxy groups -OCH3 is 1. The predicted octanol–water partition coefficient (Wildman–Crippen LogP) is 4.33. The molecule has 1 N–H and O–H groups in total. The molecule has 0 aliphatic carbocycles. The molecule has 6 nitrogen and oxygen atoms in total. The lowest BCUT2D eigenvalue weighted by Gasteiger charge is -2.23. The first-order chi connectivity index (χ1) is 13.1. The maximum Gasteiger partial charge on any atom is 0.232 e. The van der Waals surface area contributed by atoms with Gasteiger partial charge >= 0.3 is 0 Å². The van der Waals surface area contributed by atoms with E-state index >= 15 is 0 Å². The van der Waals surface area contributed by atoms with Gasteiger partial charge in [0.05, 0.1) is 29.1 Å². The smallest absolute Gasteiger partial charge is 0.232 e. The van der Waals surface area contributed by atoms with Crippen LogP contribution in [0.4, 0.5) is 15.8 Å². The summed E-state index contributed by atoms with van der Waals surface area (Å²) >= 11 is 11.8. The first-order valence-corrected chi connectivity index (χ1v) is 10.8. The maximum atomic E-state index is 13.2. The van der Waals surface area contributed by atoms with Crippen molar-refractivity contribution in [2.75, 3.05) is 29.5 Å². The van der Waals surface area contributed by atoms with Gasteiger partial charge in [0.25, 0.3) is 0 Å². The number of sulfonamides is 1. The number of carbonyl (C=O) groups excluding carboxylic acids is 1. The molecule has 1 amide bonds. The number of hydrogen-bond donors (Lipinski definition) is 1. The fourth-order valence-electron chi connectivity index (χ4n) is 2.48. The zero-order valence-corrected chi connectivity index (χ0v) is 17.5. The Bertz CT molecular complexity index is 970. The first kappa shape index (κ1) is 22.3. The van der Waals surface area contributed by atoms with Gasteiger partial charge in [-0.25, -0.2) is 12.8 Å². The summed E-state index contributed by atoms with van der Waals surface area (Å²) in [6.45, 7) is 0.0824. The molecule has 0 unspecified atom stereocenters. The van der Waals surface area contributed by atoms with E-state index in [9.17, 15) is 17.6 Å². The summed E-state index contributed by atoms with van der Waals surface area (Å²) in [5.41, 5.74) is 0.734. The number of hydrogen-bond acceptors (Lipinski definition) is 4. The monoisotopic (exact) mass is 448 g/mol. The van der Waals surface area contributed by atoms with Crippen LogP contribution in [0.3, 0.4) is 0 Å². The molecule has 0 atom stereocenters. The van der Waals surface area contributed by atoms with Crippen LogP contribution in [0.1, 0.15) is 12.8 Å². The van der Waals surface area contributed by atoms with E-state index in [0.29, 0.717) is 17.1 Å². The van der Waals surface area contributed by atoms with E-state index in [1.165, 1.54) is 29.6 Å². The average Bonchev–Trinajstić information content (AvgIpc) is 2.61. The van der Waals surface area contributed by atoms with Gasteiger partial charge in [-0.15, -0.1) is 0 Å². The van der Waals surface area contributed by atoms with E-state index in [0.717, 1.165) is 12.3 Å². The molecule has 0 bridgehead atoms. The van der Waals surface area contributed by atoms with E-state index in [1.807, 2.05) is 0 Å². The molecular weight excluding hydrogens is 430 g/mol. The molecule has 10 heteroatoms. The molecule has 0 saturated carbocycles. The summed E-state index contributed by atoms with van der Waals surface area (Å²) in [4.78, 5) is 12.1. The third-order valence-corrected chi connectivity index (χ3v) is 5.57. The highest BCUT2D eigenvalue weighted by Gasteiger charge is 2.19. The van der Waals surface area contributed by atoms with Crippen LogP contribution < -0.4 is 14.4 Å². The minimum atomic E-state index is -3.58. The topological polar surface area (TPSA) is 75.7 Å². The van der Waals surface area contributed by atoms with Gasteiger partial charge in [0, 0.05) is 18.7 Å². The van der Waals surface area contributed by atoms with Crippen molar-refractivity contribution in [2.24, 2.45) is 0 Å². The molecular formula is C18H19Cl2FN2O4S. The van der Waals surface area contributed by atoms with Crippen LogP contribution in [0.25, 0.3) is 0 Å². The van der Waals surface area contributed by atoms with E-state index < -0.39 is 15.8 Å². The standard InChI is InChI=1S/C18H19Cl2FN2O4S/c1-27-17-8-6-13(11-15(17)20)23(28(2,25)26)9-3-4-18(24)22-12-5-7-16(21)14(19)10-12/h5-8,10-11H,3-4,9H2,1-2H3,(H,22,24). The second kappa shape index (κ2) is 9.45. The van der Waals surface area contributed by atoms with Crippen LogP contribution in [-0.4, -0.2) is 34.2 Å². The van der Waals surface area contributed by atoms with Crippen molar-refractivity contribution in [1.29, 1.82) is 0 Å². The van der Waals surface area contributed by atoms with Crippen LogP contribution in [-0.2, 0) is 14.8 Å². The maximum absolute atomic E-state index is 13.2. The van der Waals surface area contributed by atoms with Crippen LogP contribution in [0, 0.1) is 5.82 Å². The van der Waals surface area contributed by atoms with Gasteiger partial charge in [0.1, 0.15) is 11.6 Å². The van der Waals surface area contributed by atoms with Crippen molar-refractivity contribution in [1.82, 2.24) is 0 Å². The van der Waals surface area contributed by atoms with Gasteiger partial charge in [-0.2, -0.15) is 0 Å². The summed E-state index contributed by atoms with van der Waals surface area (Å²) in [6, 6.07) is 8.48. The highest BCUT2D eigenvalue weighted by atomic mass is 35.5. The number of amides is 1. The molecule has 2 rings (SSSR count). The third kappa shape index (κ3) is 5.98. The molecule has 0 saturated heterocycles. The van der Waals surface area contributed by atoms with E-state index in [2.05, 4.69) is 5.32 Å². The Morgan fingerprint density at radius 2 is 1.89 bits per heavy atom. The Kier molecular flexibility index (Phi) is 7.51. The zero-order chi connectivity index (χ0) is 20.9. The molecule has 2 aromatic carbocycles. The van der Waals surface area contributed by atoms with Crippen molar-refractivity contribution in [2.45, 2.75) is 12.8 Å². The second-order valence-electron chi connectivity index (χ2n) is 5.93. The molecule has 0 aromatic heterocycles. The van der Waals surface area contributed by atoms with Gasteiger partial charge in [0.2, 0.25) is 15.9 Å². The number of rotatable bonds is 8. The predicted molar refractivity (Wildman–Crippen MR) is 109 cm³/mol. The van der Waals surface area contributed by atoms with Crippen LogP contribution >= 0.6 is 23.2 Å². The Morgan fingerprint density at radius 3 is 2.46 bits per heavy atom. The molecule has 152 valence electrons. The number of carbonyl (C=O) groups is 1. The molecule has 0 radical (unpaired) electrons. The van der Waals surface area contributed by atoms with Crippen molar-refractivity contribution < 1.29 is 22.3 Å². The normalized spacial score (nSPS) is 11.2. The molecule has 28 heavy (non-hydrogen) atoms. The lowest BCUT2D eigenvalue weighted by Crippen LogP contribution is -2.31. The number of nitrogens with one attached hydrogen (secondary N) is 1. The zero-order valence-electron chi connectivity index (χ0n) is 15.2. The summed E-state index contributed by atoms with van der Waals surface area (Å²) in [7, 11) is -2.12. The van der Waals surface area contributed by atoms with Crippen LogP contribution in [0.2, 0.25) is 10.0 Å². The highest BCUT2D eigenvalue weighted by Crippen LogP contribution is 2.30. The molecule has 0 aliphatic rings. The number of anilines is 2. The minimum absolute atomic E-state index is 0.0604. The van der Waals surface area contributed by atoms with Gasteiger partial charge in [-0.1, -0.05) is 23.2 Å². The van der Waals surface area contributed by atoms with Crippen molar-refractivity contribution in [3.63, 3.8) is 0 Å². The Hall–Kier alpha value is -2.03. The lowest BCUT2D eigenvalue weighted by atomic mass is 10.2. The van der Waals surface area contributed by atoms with Gasteiger partial charge < -0.3 is 10.1 Å². The number of nitrogens with zero attached hydrogens (tertiary/aromatic N) is 1. The van der Waals surface area contributed by atoms with Gasteiger partial charge in [0.15, 0.2) is 0 Å². The van der Waals surface area contributed by atoms with E-state index in [1.54, 1.807) is 12.1 Å². The third-order valence-electron chi connectivity index (χ3n) is 3.79. The SMILES string of the molecule is COc1ccc(N(CCCC(=O)Nc2ccc(F)c(Cl)c2)S(C)(=O)=O)cc1Cl. The highest BCUT2D eigenvalue weighted by molar-refractivity contribution is 7.92. The molecule has 0 spiro atoms. The lowest BCUT2D eigenvalue weighted by molar-refractivity contribution is -0.116. The Morgan fingerprint density at radius 1 is 1.18 bits per heavy atom. The number of ether oxygens (including phenoxy) is 1. The number of halogens is 3. The summed E-state index contributed by atoms with van der Waals surface area (Å²) in [6.07, 6.45) is 1.40. The van der Waals surface area contributed by atoms with Crippen LogP contribution in [0.5, 0.6) is 5.75 Å². The fraction of sp³-hybridized carbons (Fsp3) is 0.278. The summed E-state index contributed by atoms with van der Waals surface area (Å²) in [5.74, 6) is -0.498. The van der Waals surface area contributed by atoms with Crippen molar-refractivity contribution >= 4 is 50.5 Å². The van der Waals surface area contributed by atoms with Crippen molar-refractivity contribution in [3.8, 4) is 5.75 Å². The average molecular weight is 449 g/mol. The van der Waals surface area contributed by atoms with E-state index in [4.69, 9.17) is 27.9 Å².